The fraction of sp³-hybridized carbons (Fsp3) is 0.882. The Morgan fingerprint density at radius 2 is 1.62 bits per heavy atom. The highest BCUT2D eigenvalue weighted by Crippen LogP contribution is 2.19. The number of hydrogen-bond donors (Lipinski definition) is 2. The Kier molecular flexibility index (Phi) is 7.55. The smallest absolute Gasteiger partial charge is 0.359 e. The van der Waals surface area contributed by atoms with Crippen LogP contribution >= 0.6 is 0 Å². The summed E-state index contributed by atoms with van der Waals surface area (Å²) in [7, 11) is 0. The van der Waals surface area contributed by atoms with Gasteiger partial charge in [0, 0.05) is 25.2 Å². The highest BCUT2D eigenvalue weighted by molar-refractivity contribution is 5.80. The van der Waals surface area contributed by atoms with E-state index >= 15 is 0 Å². The Balaban J connectivity index is 1.67. The molecule has 2 N–H and O–H groups in total. The first-order chi connectivity index (χ1) is 12.2. The number of ether oxygens (including phenoxy) is 1. The van der Waals surface area contributed by atoms with Crippen molar-refractivity contribution in [3.8, 4) is 0 Å². The van der Waals surface area contributed by atoms with Crippen molar-refractivity contribution in [3.63, 3.8) is 0 Å². The minimum atomic E-state index is -4.45. The van der Waals surface area contributed by atoms with Crippen molar-refractivity contribution < 1.29 is 27.5 Å². The largest absolute Gasteiger partial charge is 0.411 e. The van der Waals surface area contributed by atoms with Gasteiger partial charge in [-0.15, -0.1) is 0 Å². The Labute approximate surface area is 151 Å². The molecular weight excluding hydrogens is 351 g/mol. The molecular formula is C17H28F3N3O3. The molecule has 1 aliphatic carbocycles. The molecule has 0 unspecified atom stereocenters. The van der Waals surface area contributed by atoms with E-state index < -0.39 is 24.8 Å². The standard InChI is InChI=1S/C17H28F3N3O3/c1-12(26-11-17(18,19)20)15(24)21-14-7-9-23(10-8-14)16(25)22-13-5-3-2-4-6-13/h12-14H,2-11H2,1H3,(H,21,24)(H,22,25)/t12-/m0/s1. The summed E-state index contributed by atoms with van der Waals surface area (Å²) in [6.45, 7) is 0.887. The predicted octanol–water partition coefficient (Wildman–Crippen LogP) is 2.58. The second-order valence-electron chi connectivity index (χ2n) is 7.12. The SMILES string of the molecule is C[C@H](OCC(F)(F)F)C(=O)NC1CCN(C(=O)NC2CCCCC2)CC1. The molecule has 0 aromatic heterocycles. The van der Waals surface area contributed by atoms with Gasteiger partial charge in [0.2, 0.25) is 5.91 Å². The van der Waals surface area contributed by atoms with E-state index in [1.54, 1.807) is 4.90 Å². The summed E-state index contributed by atoms with van der Waals surface area (Å²) in [5.41, 5.74) is 0. The number of piperidine rings is 1. The molecule has 6 nitrogen and oxygen atoms in total. The number of nitrogens with zero attached hydrogens (tertiary/aromatic N) is 1. The molecule has 2 fully saturated rings. The quantitative estimate of drug-likeness (QED) is 0.771. The highest BCUT2D eigenvalue weighted by Gasteiger charge is 2.31. The lowest BCUT2D eigenvalue weighted by atomic mass is 9.95. The van der Waals surface area contributed by atoms with Crippen LogP contribution in [0.25, 0.3) is 0 Å². The number of amides is 3. The van der Waals surface area contributed by atoms with Gasteiger partial charge in [0.05, 0.1) is 0 Å². The second kappa shape index (κ2) is 9.43. The molecule has 0 bridgehead atoms. The van der Waals surface area contributed by atoms with Crippen LogP contribution in [-0.2, 0) is 9.53 Å². The molecule has 0 aromatic carbocycles. The first-order valence-electron chi connectivity index (χ1n) is 9.29. The molecule has 26 heavy (non-hydrogen) atoms. The topological polar surface area (TPSA) is 70.7 Å². The van der Waals surface area contributed by atoms with Gasteiger partial charge in [0.25, 0.3) is 0 Å². The molecule has 1 saturated carbocycles. The van der Waals surface area contributed by atoms with Crippen LogP contribution in [0.15, 0.2) is 0 Å². The molecule has 0 aromatic rings. The van der Waals surface area contributed by atoms with Crippen molar-refractivity contribution in [1.29, 1.82) is 0 Å². The van der Waals surface area contributed by atoms with E-state index in [9.17, 15) is 22.8 Å². The number of carbonyl (C=O) groups is 2. The van der Waals surface area contributed by atoms with Crippen LogP contribution in [0.3, 0.4) is 0 Å². The van der Waals surface area contributed by atoms with Gasteiger partial charge in [-0.2, -0.15) is 13.2 Å². The fourth-order valence-corrected chi connectivity index (χ4v) is 3.35. The fourth-order valence-electron chi connectivity index (χ4n) is 3.35. The van der Waals surface area contributed by atoms with E-state index in [0.717, 1.165) is 25.7 Å². The molecule has 3 amide bonds. The molecule has 9 heteroatoms. The molecule has 1 atom stereocenters. The maximum atomic E-state index is 12.3. The molecule has 1 saturated heterocycles. The number of rotatable bonds is 5. The number of carbonyl (C=O) groups excluding carboxylic acids is 2. The molecule has 1 aliphatic heterocycles. The van der Waals surface area contributed by atoms with Gasteiger partial charge in [-0.25, -0.2) is 4.79 Å². The van der Waals surface area contributed by atoms with Gasteiger partial charge in [0.15, 0.2) is 0 Å². The van der Waals surface area contributed by atoms with Crippen LogP contribution in [0.2, 0.25) is 0 Å². The van der Waals surface area contributed by atoms with E-state index in [1.807, 2.05) is 0 Å². The average molecular weight is 379 g/mol. The molecule has 150 valence electrons. The summed E-state index contributed by atoms with van der Waals surface area (Å²) in [6, 6.07) is 0.0297. The van der Waals surface area contributed by atoms with Crippen LogP contribution in [0.4, 0.5) is 18.0 Å². The van der Waals surface area contributed by atoms with Crippen molar-refractivity contribution in [2.75, 3.05) is 19.7 Å². The summed E-state index contributed by atoms with van der Waals surface area (Å²) in [5.74, 6) is -0.556. The zero-order chi connectivity index (χ0) is 19.2. The zero-order valence-electron chi connectivity index (χ0n) is 15.1. The third-order valence-corrected chi connectivity index (χ3v) is 4.93. The third-order valence-electron chi connectivity index (χ3n) is 4.93. The lowest BCUT2D eigenvalue weighted by Gasteiger charge is -2.34. The average Bonchev–Trinajstić information content (AvgIpc) is 2.60. The van der Waals surface area contributed by atoms with Gasteiger partial charge in [-0.1, -0.05) is 19.3 Å². The summed E-state index contributed by atoms with van der Waals surface area (Å²) in [4.78, 5) is 25.9. The molecule has 0 radical (unpaired) electrons. The number of hydrogen-bond acceptors (Lipinski definition) is 3. The van der Waals surface area contributed by atoms with Crippen LogP contribution in [0.1, 0.15) is 51.9 Å². The highest BCUT2D eigenvalue weighted by atomic mass is 19.4. The minimum Gasteiger partial charge on any atom is -0.359 e. The molecule has 2 rings (SSSR count). The number of halogens is 3. The van der Waals surface area contributed by atoms with Crippen molar-refractivity contribution in [1.82, 2.24) is 15.5 Å². The van der Waals surface area contributed by atoms with E-state index in [4.69, 9.17) is 0 Å². The Morgan fingerprint density at radius 3 is 2.19 bits per heavy atom. The summed E-state index contributed by atoms with van der Waals surface area (Å²) in [6.07, 6.45) is 1.10. The van der Waals surface area contributed by atoms with Gasteiger partial charge in [0.1, 0.15) is 12.7 Å². The number of urea groups is 1. The van der Waals surface area contributed by atoms with Crippen molar-refractivity contribution in [2.45, 2.75) is 76.2 Å². The van der Waals surface area contributed by atoms with Crippen molar-refractivity contribution in [2.24, 2.45) is 0 Å². The van der Waals surface area contributed by atoms with Gasteiger partial charge < -0.3 is 20.3 Å². The zero-order valence-corrected chi connectivity index (χ0v) is 15.1. The van der Waals surface area contributed by atoms with Gasteiger partial charge in [-0.05, 0) is 32.6 Å². The second-order valence-corrected chi connectivity index (χ2v) is 7.12. The lowest BCUT2D eigenvalue weighted by Crippen LogP contribution is -2.52. The van der Waals surface area contributed by atoms with Crippen LogP contribution in [-0.4, -0.2) is 60.9 Å². The van der Waals surface area contributed by atoms with Crippen LogP contribution in [0, 0.1) is 0 Å². The van der Waals surface area contributed by atoms with E-state index in [2.05, 4.69) is 15.4 Å². The molecule has 1 heterocycles. The first-order valence-corrected chi connectivity index (χ1v) is 9.29. The monoisotopic (exact) mass is 379 g/mol. The van der Waals surface area contributed by atoms with E-state index in [-0.39, 0.29) is 18.1 Å². The van der Waals surface area contributed by atoms with Gasteiger partial charge in [-0.3, -0.25) is 4.79 Å². The summed E-state index contributed by atoms with van der Waals surface area (Å²) in [5, 5.41) is 5.77. The lowest BCUT2D eigenvalue weighted by molar-refractivity contribution is -0.185. The summed E-state index contributed by atoms with van der Waals surface area (Å²) >= 11 is 0. The maximum Gasteiger partial charge on any atom is 0.411 e. The van der Waals surface area contributed by atoms with Crippen molar-refractivity contribution in [3.05, 3.63) is 0 Å². The summed E-state index contributed by atoms with van der Waals surface area (Å²) < 4.78 is 40.9. The van der Waals surface area contributed by atoms with E-state index in [1.165, 1.54) is 13.3 Å². The Hall–Kier alpha value is -1.51. The Morgan fingerprint density at radius 1 is 1.04 bits per heavy atom. The van der Waals surface area contributed by atoms with Gasteiger partial charge >= 0.3 is 12.2 Å². The number of alkyl halides is 3. The number of nitrogens with one attached hydrogen (secondary N) is 2. The Bertz CT molecular complexity index is 474. The number of likely N-dealkylation sites (tertiary alicyclic amines) is 1. The predicted molar refractivity (Wildman–Crippen MR) is 89.6 cm³/mol. The maximum absolute atomic E-state index is 12.3. The minimum absolute atomic E-state index is 0.0662. The van der Waals surface area contributed by atoms with Crippen LogP contribution in [0.5, 0.6) is 0 Å². The van der Waals surface area contributed by atoms with E-state index in [0.29, 0.717) is 25.9 Å². The first kappa shape index (κ1) is 20.8. The van der Waals surface area contributed by atoms with Crippen molar-refractivity contribution >= 4 is 11.9 Å². The molecule has 2 aliphatic rings. The third kappa shape index (κ3) is 7.01. The molecule has 0 spiro atoms. The normalized spacial score (nSPS) is 21.3. The van der Waals surface area contributed by atoms with Crippen LogP contribution < -0.4 is 10.6 Å².